The van der Waals surface area contributed by atoms with Crippen molar-refractivity contribution >= 4 is 17.7 Å². The van der Waals surface area contributed by atoms with Gasteiger partial charge in [-0.2, -0.15) is 0 Å². The molecule has 0 rings (SSSR count). The van der Waals surface area contributed by atoms with Crippen molar-refractivity contribution in [2.24, 2.45) is 0 Å². The minimum atomic E-state index is -1.58. The summed E-state index contributed by atoms with van der Waals surface area (Å²) in [5.41, 5.74) is 0. The quantitative estimate of drug-likeness (QED) is 0.0789. The van der Waals surface area contributed by atoms with Crippen LogP contribution in [0.25, 0.3) is 0 Å². The lowest BCUT2D eigenvalue weighted by Crippen LogP contribution is -2.40. The Bertz CT molecular complexity index is 464. The van der Waals surface area contributed by atoms with Gasteiger partial charge in [0.15, 0.2) is 0 Å². The molecule has 0 aromatic heterocycles. The van der Waals surface area contributed by atoms with Gasteiger partial charge in [-0.25, -0.2) is 4.79 Å². The van der Waals surface area contributed by atoms with Crippen molar-refractivity contribution < 1.29 is 55.2 Å². The number of carboxylic acids is 2. The number of Topliss-reactive ketones (excluding diaryl/α,β-unsaturated/α-hetero) is 1. The average Bonchev–Trinajstić information content (AvgIpc) is 2.77. The number of rotatable bonds is 19. The van der Waals surface area contributed by atoms with Crippen molar-refractivity contribution in [3.05, 3.63) is 0 Å². The molecule has 0 aromatic rings. The molecule has 0 spiro atoms. The van der Waals surface area contributed by atoms with Crippen molar-refractivity contribution in [2.45, 2.75) is 12.8 Å². The molecule has 204 valence electrons. The SMILES string of the molecule is CN(CCO)CCO.O=C(O)CCC(=O)C(=O)O.OCCN(CCO)CCN(CCO)CCO. The van der Waals surface area contributed by atoms with Crippen LogP contribution in [0.4, 0.5) is 0 Å². The fourth-order valence-electron chi connectivity index (χ4n) is 2.30. The average molecular weight is 502 g/mol. The number of ketones is 1. The normalized spacial score (nSPS) is 10.5. The van der Waals surface area contributed by atoms with E-state index in [1.165, 1.54) is 0 Å². The highest BCUT2D eigenvalue weighted by Crippen LogP contribution is 1.92. The molecule has 0 aliphatic rings. The lowest BCUT2D eigenvalue weighted by Gasteiger charge is -2.25. The van der Waals surface area contributed by atoms with E-state index in [1.54, 1.807) is 0 Å². The van der Waals surface area contributed by atoms with Crippen LogP contribution in [-0.4, -0.2) is 172 Å². The predicted octanol–water partition coefficient (Wildman–Crippen LogP) is -4.03. The third-order valence-electron chi connectivity index (χ3n) is 4.17. The maximum absolute atomic E-state index is 10.2. The molecule has 8 N–H and O–H groups in total. The standard InChI is InChI=1S/C10H24N2O4.C5H13NO2.C5H6O5/c13-7-3-11(4-8-14)1-2-12(5-9-15)6-10-16;1-6(2-4-7)3-5-8;6-3(5(9)10)1-2-4(7)8/h13-16H,1-10H2;7-8H,2-5H2,1H3;1-2H2,(H,7,8)(H,9,10). The van der Waals surface area contributed by atoms with E-state index >= 15 is 0 Å². The maximum Gasteiger partial charge on any atom is 0.372 e. The third kappa shape index (κ3) is 28.3. The molecule has 0 radical (unpaired) electrons. The van der Waals surface area contributed by atoms with E-state index in [1.807, 2.05) is 21.7 Å². The zero-order valence-electron chi connectivity index (χ0n) is 20.0. The number of carbonyl (C=O) groups is 3. The summed E-state index contributed by atoms with van der Waals surface area (Å²) in [6.45, 7) is 5.44. The molecule has 0 bridgehead atoms. The van der Waals surface area contributed by atoms with Crippen molar-refractivity contribution in [1.82, 2.24) is 14.7 Å². The number of likely N-dealkylation sites (N-methyl/N-ethyl adjacent to an activating group) is 1. The lowest BCUT2D eigenvalue weighted by atomic mass is 10.2. The van der Waals surface area contributed by atoms with Crippen molar-refractivity contribution in [2.75, 3.05) is 99.0 Å². The topological polar surface area (TPSA) is 223 Å². The first-order valence-electron chi connectivity index (χ1n) is 10.9. The molecule has 0 heterocycles. The van der Waals surface area contributed by atoms with Crippen LogP contribution < -0.4 is 0 Å². The highest BCUT2D eigenvalue weighted by atomic mass is 16.4. The van der Waals surface area contributed by atoms with E-state index in [-0.39, 0.29) is 39.6 Å². The molecule has 0 aromatic carbocycles. The molecule has 0 fully saturated rings. The van der Waals surface area contributed by atoms with Crippen LogP contribution in [0.2, 0.25) is 0 Å². The van der Waals surface area contributed by atoms with E-state index in [4.69, 9.17) is 40.9 Å². The molecule has 0 aliphatic carbocycles. The first kappa shape index (κ1) is 36.8. The van der Waals surface area contributed by atoms with Gasteiger partial charge in [0.1, 0.15) is 0 Å². The van der Waals surface area contributed by atoms with Gasteiger partial charge in [0, 0.05) is 58.8 Å². The van der Waals surface area contributed by atoms with Gasteiger partial charge in [0.25, 0.3) is 0 Å². The van der Waals surface area contributed by atoms with E-state index in [0.717, 1.165) is 0 Å². The predicted molar refractivity (Wildman–Crippen MR) is 122 cm³/mol. The lowest BCUT2D eigenvalue weighted by molar-refractivity contribution is -0.149. The Hall–Kier alpha value is -1.75. The third-order valence-corrected chi connectivity index (χ3v) is 4.17. The Morgan fingerprint density at radius 1 is 0.529 bits per heavy atom. The summed E-state index contributed by atoms with van der Waals surface area (Å²) < 4.78 is 0. The molecule has 0 aliphatic heterocycles. The van der Waals surface area contributed by atoms with Gasteiger partial charge in [0.05, 0.1) is 46.1 Å². The molecule has 0 atom stereocenters. The van der Waals surface area contributed by atoms with Crippen LogP contribution in [0.3, 0.4) is 0 Å². The number of hydrogen-bond donors (Lipinski definition) is 8. The number of hydrogen-bond acceptors (Lipinski definition) is 12. The van der Waals surface area contributed by atoms with Crippen molar-refractivity contribution in [3.8, 4) is 0 Å². The van der Waals surface area contributed by atoms with Crippen LogP contribution in [0.1, 0.15) is 12.8 Å². The second kappa shape index (κ2) is 27.5. The fraction of sp³-hybridized carbons (Fsp3) is 0.850. The van der Waals surface area contributed by atoms with E-state index in [9.17, 15) is 14.4 Å². The number of aliphatic hydroxyl groups is 6. The molecule has 0 saturated heterocycles. The van der Waals surface area contributed by atoms with Crippen LogP contribution in [0.15, 0.2) is 0 Å². The number of nitrogens with zero attached hydrogens (tertiary/aromatic N) is 3. The van der Waals surface area contributed by atoms with E-state index < -0.39 is 30.6 Å². The number of carbonyl (C=O) groups excluding carboxylic acids is 1. The summed E-state index contributed by atoms with van der Waals surface area (Å²) in [6.07, 6.45) is -0.865. The molecular weight excluding hydrogens is 458 g/mol. The molecular formula is C20H43N3O11. The Balaban J connectivity index is -0.000000458. The van der Waals surface area contributed by atoms with Crippen LogP contribution in [-0.2, 0) is 14.4 Å². The summed E-state index contributed by atoms with van der Waals surface area (Å²) in [5.74, 6) is -3.82. The Labute approximate surface area is 200 Å². The highest BCUT2D eigenvalue weighted by Gasteiger charge is 2.12. The van der Waals surface area contributed by atoms with Crippen LogP contribution in [0.5, 0.6) is 0 Å². The molecule has 14 heteroatoms. The number of aliphatic hydroxyl groups excluding tert-OH is 6. The van der Waals surface area contributed by atoms with Crippen LogP contribution >= 0.6 is 0 Å². The van der Waals surface area contributed by atoms with Crippen LogP contribution in [0, 0.1) is 0 Å². The summed E-state index contributed by atoms with van der Waals surface area (Å²) in [5, 5.41) is 67.9. The zero-order chi connectivity index (χ0) is 26.8. The first-order chi connectivity index (χ1) is 16.1. The molecule has 0 saturated carbocycles. The maximum atomic E-state index is 10.2. The van der Waals surface area contributed by atoms with Gasteiger partial charge < -0.3 is 45.8 Å². The van der Waals surface area contributed by atoms with Gasteiger partial charge in [-0.05, 0) is 7.05 Å². The molecule has 34 heavy (non-hydrogen) atoms. The summed E-state index contributed by atoms with van der Waals surface area (Å²) in [6, 6.07) is 0. The highest BCUT2D eigenvalue weighted by molar-refractivity contribution is 6.32. The minimum absolute atomic E-state index is 0.0694. The van der Waals surface area contributed by atoms with Gasteiger partial charge in [-0.15, -0.1) is 0 Å². The first-order valence-corrected chi connectivity index (χ1v) is 10.9. The fourth-order valence-corrected chi connectivity index (χ4v) is 2.30. The number of aliphatic carboxylic acids is 2. The van der Waals surface area contributed by atoms with Gasteiger partial charge in [-0.1, -0.05) is 0 Å². The van der Waals surface area contributed by atoms with Gasteiger partial charge >= 0.3 is 11.9 Å². The number of carboxylic acid groups (broad SMARTS) is 2. The zero-order valence-corrected chi connectivity index (χ0v) is 20.0. The van der Waals surface area contributed by atoms with Crippen molar-refractivity contribution in [3.63, 3.8) is 0 Å². The minimum Gasteiger partial charge on any atom is -0.481 e. The van der Waals surface area contributed by atoms with Gasteiger partial charge in [0.2, 0.25) is 5.78 Å². The Morgan fingerprint density at radius 2 is 0.853 bits per heavy atom. The van der Waals surface area contributed by atoms with Crippen molar-refractivity contribution in [1.29, 1.82) is 0 Å². The second-order valence-corrected chi connectivity index (χ2v) is 6.95. The van der Waals surface area contributed by atoms with E-state index in [2.05, 4.69) is 0 Å². The Morgan fingerprint density at radius 3 is 1.09 bits per heavy atom. The molecule has 0 unspecified atom stereocenters. The largest absolute Gasteiger partial charge is 0.481 e. The summed E-state index contributed by atoms with van der Waals surface area (Å²) in [7, 11) is 1.85. The Kier molecular flexibility index (Phi) is 29.8. The molecule has 0 amide bonds. The smallest absolute Gasteiger partial charge is 0.372 e. The van der Waals surface area contributed by atoms with E-state index in [0.29, 0.717) is 52.4 Å². The second-order valence-electron chi connectivity index (χ2n) is 6.95. The summed E-state index contributed by atoms with van der Waals surface area (Å²) >= 11 is 0. The molecule has 14 nitrogen and oxygen atoms in total. The summed E-state index contributed by atoms with van der Waals surface area (Å²) in [4.78, 5) is 35.5. The van der Waals surface area contributed by atoms with Gasteiger partial charge in [-0.3, -0.25) is 19.4 Å². The monoisotopic (exact) mass is 501 g/mol.